The highest BCUT2D eigenvalue weighted by atomic mass is 16.7. The van der Waals surface area contributed by atoms with Crippen molar-refractivity contribution in [2.45, 2.75) is 38.7 Å². The Kier molecular flexibility index (Phi) is 2.28. The summed E-state index contributed by atoms with van der Waals surface area (Å²) in [6, 6.07) is 0. The van der Waals surface area contributed by atoms with Crippen LogP contribution in [0.3, 0.4) is 0 Å². The molecule has 2 aliphatic heterocycles. The number of hydrogen-bond donors (Lipinski definition) is 0. The molecule has 1 spiro atoms. The van der Waals surface area contributed by atoms with Crippen LogP contribution in [0, 0.1) is 5.92 Å². The van der Waals surface area contributed by atoms with Crippen LogP contribution in [0.5, 0.6) is 0 Å². The fraction of sp³-hybridized carbons (Fsp3) is 0.900. The Hall–Kier alpha value is -0.570. The third-order valence-electron chi connectivity index (χ3n) is 2.93. The van der Waals surface area contributed by atoms with Crippen LogP contribution in [-0.2, 0) is 9.57 Å². The second-order valence-electron chi connectivity index (χ2n) is 4.30. The minimum Gasteiger partial charge on any atom is -0.389 e. The van der Waals surface area contributed by atoms with Crippen LogP contribution in [0.1, 0.15) is 33.1 Å². The van der Waals surface area contributed by atoms with Gasteiger partial charge in [0.1, 0.15) is 5.60 Å². The number of oxime groups is 1. The van der Waals surface area contributed by atoms with E-state index in [2.05, 4.69) is 19.0 Å². The van der Waals surface area contributed by atoms with Crippen molar-refractivity contribution in [3.8, 4) is 0 Å². The summed E-state index contributed by atoms with van der Waals surface area (Å²) in [5.41, 5.74) is 1.21. The second-order valence-corrected chi connectivity index (χ2v) is 4.30. The van der Waals surface area contributed by atoms with Gasteiger partial charge in [-0.25, -0.2) is 0 Å². The van der Waals surface area contributed by atoms with E-state index in [1.165, 1.54) is 5.71 Å². The molecule has 0 aromatic rings. The predicted molar refractivity (Wildman–Crippen MR) is 50.8 cm³/mol. The lowest BCUT2D eigenvalue weighted by Gasteiger charge is -2.30. The van der Waals surface area contributed by atoms with Crippen molar-refractivity contribution < 1.29 is 9.57 Å². The smallest absolute Gasteiger partial charge is 0.147 e. The average molecular weight is 183 g/mol. The standard InChI is InChI=1S/C10H17NO2/c1-8(2)9-7-10(13-11-9)3-5-12-6-4-10/h8H,3-7H2,1-2H3. The quantitative estimate of drug-likeness (QED) is 0.622. The first-order valence-electron chi connectivity index (χ1n) is 5.05. The van der Waals surface area contributed by atoms with Crippen LogP contribution < -0.4 is 0 Å². The molecule has 0 atom stereocenters. The minimum atomic E-state index is -0.00213. The molecule has 0 radical (unpaired) electrons. The zero-order valence-corrected chi connectivity index (χ0v) is 8.38. The zero-order valence-electron chi connectivity index (χ0n) is 8.38. The monoisotopic (exact) mass is 183 g/mol. The summed E-state index contributed by atoms with van der Waals surface area (Å²) in [5.74, 6) is 0.516. The SMILES string of the molecule is CC(C)C1=NOC2(CCOCC2)C1. The van der Waals surface area contributed by atoms with E-state index < -0.39 is 0 Å². The molecule has 3 nitrogen and oxygen atoms in total. The highest BCUT2D eigenvalue weighted by molar-refractivity contribution is 5.87. The van der Waals surface area contributed by atoms with Gasteiger partial charge >= 0.3 is 0 Å². The van der Waals surface area contributed by atoms with E-state index in [1.54, 1.807) is 0 Å². The van der Waals surface area contributed by atoms with Gasteiger partial charge in [0, 0.05) is 19.3 Å². The highest BCUT2D eigenvalue weighted by Gasteiger charge is 2.41. The summed E-state index contributed by atoms with van der Waals surface area (Å²) in [6.45, 7) is 5.98. The molecule has 0 amide bonds. The van der Waals surface area contributed by atoms with Crippen LogP contribution >= 0.6 is 0 Å². The maximum atomic E-state index is 5.56. The predicted octanol–water partition coefficient (Wildman–Crippen LogP) is 1.97. The lowest BCUT2D eigenvalue weighted by molar-refractivity contribution is -0.0919. The lowest BCUT2D eigenvalue weighted by Crippen LogP contribution is -2.36. The summed E-state index contributed by atoms with van der Waals surface area (Å²) in [7, 11) is 0. The van der Waals surface area contributed by atoms with Gasteiger partial charge in [0.05, 0.1) is 18.9 Å². The molecule has 0 saturated carbocycles. The average Bonchev–Trinajstić information content (AvgIpc) is 2.51. The topological polar surface area (TPSA) is 30.8 Å². The molecule has 2 rings (SSSR count). The van der Waals surface area contributed by atoms with Crippen molar-refractivity contribution in [2.24, 2.45) is 11.1 Å². The maximum absolute atomic E-state index is 5.56. The normalized spacial score (nSPS) is 26.2. The lowest BCUT2D eigenvalue weighted by atomic mass is 9.87. The summed E-state index contributed by atoms with van der Waals surface area (Å²) < 4.78 is 5.32. The molecular formula is C10H17NO2. The summed E-state index contributed by atoms with van der Waals surface area (Å²) >= 11 is 0. The molecule has 0 N–H and O–H groups in total. The first-order chi connectivity index (χ1) is 6.22. The van der Waals surface area contributed by atoms with Crippen LogP contribution in [0.2, 0.25) is 0 Å². The van der Waals surface area contributed by atoms with Crippen LogP contribution in [0.4, 0.5) is 0 Å². The van der Waals surface area contributed by atoms with E-state index in [0.29, 0.717) is 5.92 Å². The Balaban J connectivity index is 1.99. The third-order valence-corrected chi connectivity index (χ3v) is 2.93. The van der Waals surface area contributed by atoms with Crippen molar-refractivity contribution >= 4 is 5.71 Å². The molecule has 3 heteroatoms. The second kappa shape index (κ2) is 3.29. The van der Waals surface area contributed by atoms with E-state index in [9.17, 15) is 0 Å². The minimum absolute atomic E-state index is 0.00213. The number of nitrogens with zero attached hydrogens (tertiary/aromatic N) is 1. The van der Waals surface area contributed by atoms with Gasteiger partial charge < -0.3 is 9.57 Å². The molecule has 0 unspecified atom stereocenters. The maximum Gasteiger partial charge on any atom is 0.147 e. The first-order valence-corrected chi connectivity index (χ1v) is 5.05. The van der Waals surface area contributed by atoms with Crippen molar-refractivity contribution in [1.29, 1.82) is 0 Å². The van der Waals surface area contributed by atoms with E-state index >= 15 is 0 Å². The Bertz CT molecular complexity index is 217. The molecule has 0 aromatic heterocycles. The Labute approximate surface area is 79.1 Å². The summed E-state index contributed by atoms with van der Waals surface area (Å²) in [6.07, 6.45) is 2.99. The molecule has 2 heterocycles. The number of ether oxygens (including phenoxy) is 1. The zero-order chi connectivity index (χ0) is 9.31. The van der Waals surface area contributed by atoms with Gasteiger partial charge in [-0.15, -0.1) is 0 Å². The molecule has 2 aliphatic rings. The molecular weight excluding hydrogens is 166 g/mol. The van der Waals surface area contributed by atoms with Gasteiger partial charge in [0.25, 0.3) is 0 Å². The van der Waals surface area contributed by atoms with Gasteiger partial charge in [0.2, 0.25) is 0 Å². The van der Waals surface area contributed by atoms with Crippen LogP contribution in [0.25, 0.3) is 0 Å². The van der Waals surface area contributed by atoms with Gasteiger partial charge in [0.15, 0.2) is 0 Å². The van der Waals surface area contributed by atoms with E-state index in [-0.39, 0.29) is 5.60 Å². The van der Waals surface area contributed by atoms with Gasteiger partial charge in [-0.2, -0.15) is 0 Å². The summed E-state index contributed by atoms with van der Waals surface area (Å²) in [5, 5.41) is 4.17. The Morgan fingerprint density at radius 3 is 2.54 bits per heavy atom. The number of hydrogen-bond acceptors (Lipinski definition) is 3. The first kappa shape index (κ1) is 9.00. The van der Waals surface area contributed by atoms with Gasteiger partial charge in [-0.05, 0) is 5.92 Å². The van der Waals surface area contributed by atoms with E-state index in [1.807, 2.05) is 0 Å². The molecule has 1 saturated heterocycles. The van der Waals surface area contributed by atoms with Crippen molar-refractivity contribution in [3.63, 3.8) is 0 Å². The third kappa shape index (κ3) is 1.70. The van der Waals surface area contributed by atoms with E-state index in [0.717, 1.165) is 32.5 Å². The van der Waals surface area contributed by atoms with Crippen LogP contribution in [-0.4, -0.2) is 24.5 Å². The molecule has 0 aliphatic carbocycles. The highest BCUT2D eigenvalue weighted by Crippen LogP contribution is 2.35. The largest absolute Gasteiger partial charge is 0.389 e. The van der Waals surface area contributed by atoms with Crippen LogP contribution in [0.15, 0.2) is 5.16 Å². The molecule has 74 valence electrons. The van der Waals surface area contributed by atoms with E-state index in [4.69, 9.17) is 9.57 Å². The number of rotatable bonds is 1. The van der Waals surface area contributed by atoms with Crippen molar-refractivity contribution in [1.82, 2.24) is 0 Å². The molecule has 0 aromatic carbocycles. The fourth-order valence-corrected chi connectivity index (χ4v) is 1.87. The van der Waals surface area contributed by atoms with Gasteiger partial charge in [-0.1, -0.05) is 19.0 Å². The Morgan fingerprint density at radius 1 is 1.31 bits per heavy atom. The Morgan fingerprint density at radius 2 is 2.00 bits per heavy atom. The molecule has 13 heavy (non-hydrogen) atoms. The van der Waals surface area contributed by atoms with Crippen molar-refractivity contribution in [3.05, 3.63) is 0 Å². The summed E-state index contributed by atoms with van der Waals surface area (Å²) in [4.78, 5) is 5.56. The van der Waals surface area contributed by atoms with Gasteiger partial charge in [-0.3, -0.25) is 0 Å². The fourth-order valence-electron chi connectivity index (χ4n) is 1.87. The van der Waals surface area contributed by atoms with Crippen molar-refractivity contribution in [2.75, 3.05) is 13.2 Å². The molecule has 0 bridgehead atoms. The molecule has 1 fully saturated rings.